The highest BCUT2D eigenvalue weighted by molar-refractivity contribution is 6.34. The summed E-state index contributed by atoms with van der Waals surface area (Å²) in [6.45, 7) is 8.28. The Kier molecular flexibility index (Phi) is 6.16. The fraction of sp³-hybridized carbons (Fsp3) is 0.350. The van der Waals surface area contributed by atoms with E-state index in [9.17, 15) is 14.9 Å². The second-order valence-corrected chi connectivity index (χ2v) is 7.18. The van der Waals surface area contributed by atoms with Crippen LogP contribution in [-0.2, 0) is 0 Å². The van der Waals surface area contributed by atoms with Gasteiger partial charge in [-0.1, -0.05) is 30.7 Å². The molecule has 1 fully saturated rings. The van der Waals surface area contributed by atoms with Crippen molar-refractivity contribution in [1.29, 1.82) is 0 Å². The Bertz CT molecular complexity index is 895. The number of carbonyl (C=O) groups excluding carboxylic acids is 1. The van der Waals surface area contributed by atoms with E-state index in [0.29, 0.717) is 16.3 Å². The molecular weight excluding hydrogens is 380 g/mol. The van der Waals surface area contributed by atoms with Gasteiger partial charge in [0.1, 0.15) is 0 Å². The molecule has 1 amide bonds. The number of benzene rings is 2. The molecule has 7 nitrogen and oxygen atoms in total. The zero-order valence-corrected chi connectivity index (χ0v) is 16.7. The van der Waals surface area contributed by atoms with Crippen molar-refractivity contribution in [3.05, 3.63) is 62.7 Å². The van der Waals surface area contributed by atoms with E-state index in [1.165, 1.54) is 6.07 Å². The molecule has 0 spiro atoms. The Morgan fingerprint density at radius 3 is 2.57 bits per heavy atom. The number of piperazine rings is 1. The number of halogens is 1. The zero-order chi connectivity index (χ0) is 20.3. The number of anilines is 2. The summed E-state index contributed by atoms with van der Waals surface area (Å²) in [5, 5.41) is 14.6. The van der Waals surface area contributed by atoms with Crippen LogP contribution in [-0.4, -0.2) is 48.5 Å². The SMILES string of the molecule is CCN1CCN(c2c(Cl)cccc2NC(=O)c2ccc(C)c([N+](=O)[O-])c2)CC1. The number of carbonyl (C=O) groups is 1. The van der Waals surface area contributed by atoms with Crippen LogP contribution in [0.25, 0.3) is 0 Å². The molecule has 0 aliphatic carbocycles. The molecule has 148 valence electrons. The van der Waals surface area contributed by atoms with Crippen LogP contribution in [0, 0.1) is 17.0 Å². The first-order valence-electron chi connectivity index (χ1n) is 9.23. The third-order valence-corrected chi connectivity index (χ3v) is 5.34. The minimum absolute atomic E-state index is 0.0744. The quantitative estimate of drug-likeness (QED) is 0.605. The molecule has 0 bridgehead atoms. The van der Waals surface area contributed by atoms with Gasteiger partial charge >= 0.3 is 0 Å². The molecule has 2 aromatic rings. The van der Waals surface area contributed by atoms with Gasteiger partial charge in [0.25, 0.3) is 11.6 Å². The number of nitro benzene ring substituents is 1. The monoisotopic (exact) mass is 402 g/mol. The van der Waals surface area contributed by atoms with E-state index in [1.54, 1.807) is 37.3 Å². The molecule has 3 rings (SSSR count). The fourth-order valence-electron chi connectivity index (χ4n) is 3.37. The van der Waals surface area contributed by atoms with E-state index < -0.39 is 10.8 Å². The second-order valence-electron chi connectivity index (χ2n) is 6.77. The topological polar surface area (TPSA) is 78.7 Å². The average Bonchev–Trinajstić information content (AvgIpc) is 2.68. The molecule has 0 aromatic heterocycles. The van der Waals surface area contributed by atoms with Crippen LogP contribution in [0.1, 0.15) is 22.8 Å². The number of para-hydroxylation sites is 1. The van der Waals surface area contributed by atoms with E-state index in [2.05, 4.69) is 22.0 Å². The Morgan fingerprint density at radius 1 is 1.21 bits per heavy atom. The highest BCUT2D eigenvalue weighted by Crippen LogP contribution is 2.35. The van der Waals surface area contributed by atoms with Crippen molar-refractivity contribution in [2.24, 2.45) is 0 Å². The number of nitrogens with one attached hydrogen (secondary N) is 1. The Morgan fingerprint density at radius 2 is 1.93 bits per heavy atom. The average molecular weight is 403 g/mol. The molecule has 0 saturated carbocycles. The maximum Gasteiger partial charge on any atom is 0.273 e. The van der Waals surface area contributed by atoms with Crippen molar-refractivity contribution in [3.8, 4) is 0 Å². The van der Waals surface area contributed by atoms with E-state index in [0.717, 1.165) is 38.4 Å². The zero-order valence-electron chi connectivity index (χ0n) is 15.9. The number of aryl methyl sites for hydroxylation is 1. The predicted octanol–water partition coefficient (Wildman–Crippen LogP) is 3.95. The molecule has 1 aliphatic heterocycles. The van der Waals surface area contributed by atoms with Crippen molar-refractivity contribution in [2.45, 2.75) is 13.8 Å². The Hall–Kier alpha value is -2.64. The first kappa shape index (κ1) is 20.1. The molecule has 8 heteroatoms. The number of nitrogens with zero attached hydrogens (tertiary/aromatic N) is 3. The lowest BCUT2D eigenvalue weighted by Crippen LogP contribution is -2.46. The minimum Gasteiger partial charge on any atom is -0.366 e. The summed E-state index contributed by atoms with van der Waals surface area (Å²) < 4.78 is 0. The standard InChI is InChI=1S/C20H23ClN4O3/c1-3-23-9-11-24(12-10-23)19-16(21)5-4-6-17(19)22-20(26)15-8-7-14(2)18(13-15)25(27)28/h4-8,13H,3,9-12H2,1-2H3,(H,22,26). The summed E-state index contributed by atoms with van der Waals surface area (Å²) in [6, 6.07) is 9.84. The Labute approximate surface area is 169 Å². The van der Waals surface area contributed by atoms with Gasteiger partial charge in [-0.2, -0.15) is 0 Å². The van der Waals surface area contributed by atoms with Gasteiger partial charge in [-0.15, -0.1) is 0 Å². The van der Waals surface area contributed by atoms with E-state index >= 15 is 0 Å². The molecule has 0 radical (unpaired) electrons. The molecular formula is C20H23ClN4O3. The largest absolute Gasteiger partial charge is 0.366 e. The number of likely N-dealkylation sites (N-methyl/N-ethyl adjacent to an activating group) is 1. The summed E-state index contributed by atoms with van der Waals surface area (Å²) in [5.74, 6) is -0.404. The number of rotatable bonds is 5. The van der Waals surface area contributed by atoms with Crippen molar-refractivity contribution in [3.63, 3.8) is 0 Å². The summed E-state index contributed by atoms with van der Waals surface area (Å²) in [6.07, 6.45) is 0. The third-order valence-electron chi connectivity index (χ3n) is 5.04. The van der Waals surface area contributed by atoms with Crippen LogP contribution in [0.5, 0.6) is 0 Å². The molecule has 0 unspecified atom stereocenters. The van der Waals surface area contributed by atoms with Crippen molar-refractivity contribution < 1.29 is 9.72 Å². The summed E-state index contributed by atoms with van der Waals surface area (Å²) >= 11 is 6.45. The predicted molar refractivity (Wildman–Crippen MR) is 112 cm³/mol. The van der Waals surface area contributed by atoms with Crippen LogP contribution in [0.3, 0.4) is 0 Å². The van der Waals surface area contributed by atoms with Gasteiger partial charge < -0.3 is 15.1 Å². The summed E-state index contributed by atoms with van der Waals surface area (Å²) in [4.78, 5) is 27.9. The van der Waals surface area contributed by atoms with Crippen LogP contribution in [0.4, 0.5) is 17.1 Å². The molecule has 2 aromatic carbocycles. The Balaban J connectivity index is 1.85. The van der Waals surface area contributed by atoms with Gasteiger partial charge in [0.2, 0.25) is 0 Å². The number of amides is 1. The summed E-state index contributed by atoms with van der Waals surface area (Å²) in [7, 11) is 0. The molecule has 28 heavy (non-hydrogen) atoms. The van der Waals surface area contributed by atoms with Crippen molar-refractivity contribution in [2.75, 3.05) is 42.9 Å². The number of nitro groups is 1. The van der Waals surface area contributed by atoms with E-state index in [-0.39, 0.29) is 11.3 Å². The van der Waals surface area contributed by atoms with Gasteiger partial charge in [-0.25, -0.2) is 0 Å². The lowest BCUT2D eigenvalue weighted by molar-refractivity contribution is -0.385. The van der Waals surface area contributed by atoms with E-state index in [4.69, 9.17) is 11.6 Å². The normalized spacial score (nSPS) is 14.8. The maximum absolute atomic E-state index is 12.7. The van der Waals surface area contributed by atoms with Gasteiger partial charge in [0.15, 0.2) is 0 Å². The lowest BCUT2D eigenvalue weighted by atomic mass is 10.1. The van der Waals surface area contributed by atoms with Gasteiger partial charge in [0.05, 0.1) is 21.3 Å². The number of hydrogen-bond donors (Lipinski definition) is 1. The first-order valence-corrected chi connectivity index (χ1v) is 9.60. The van der Waals surface area contributed by atoms with Gasteiger partial charge in [0, 0.05) is 43.4 Å². The number of hydrogen-bond acceptors (Lipinski definition) is 5. The molecule has 1 aliphatic rings. The molecule has 1 heterocycles. The van der Waals surface area contributed by atoms with Crippen LogP contribution < -0.4 is 10.2 Å². The lowest BCUT2D eigenvalue weighted by Gasteiger charge is -2.36. The minimum atomic E-state index is -0.482. The molecule has 1 N–H and O–H groups in total. The highest BCUT2D eigenvalue weighted by Gasteiger charge is 2.22. The maximum atomic E-state index is 12.7. The summed E-state index contributed by atoms with van der Waals surface area (Å²) in [5.41, 5.74) is 2.06. The van der Waals surface area contributed by atoms with Crippen LogP contribution in [0.15, 0.2) is 36.4 Å². The first-order chi connectivity index (χ1) is 13.4. The second kappa shape index (κ2) is 8.58. The van der Waals surface area contributed by atoms with Crippen molar-refractivity contribution in [1.82, 2.24) is 4.90 Å². The van der Waals surface area contributed by atoms with Gasteiger partial charge in [-0.3, -0.25) is 14.9 Å². The highest BCUT2D eigenvalue weighted by atomic mass is 35.5. The molecule has 1 saturated heterocycles. The van der Waals surface area contributed by atoms with Crippen LogP contribution >= 0.6 is 11.6 Å². The van der Waals surface area contributed by atoms with Crippen LogP contribution in [0.2, 0.25) is 5.02 Å². The van der Waals surface area contributed by atoms with Gasteiger partial charge in [-0.05, 0) is 31.7 Å². The van der Waals surface area contributed by atoms with E-state index in [1.807, 2.05) is 0 Å². The third kappa shape index (κ3) is 4.26. The fourth-order valence-corrected chi connectivity index (χ4v) is 3.66. The van der Waals surface area contributed by atoms with Crippen molar-refractivity contribution >= 4 is 34.6 Å². The molecule has 0 atom stereocenters. The smallest absolute Gasteiger partial charge is 0.273 e.